The van der Waals surface area contributed by atoms with Gasteiger partial charge in [0.15, 0.2) is 0 Å². The van der Waals surface area contributed by atoms with Crippen LogP contribution in [-0.2, 0) is 0 Å². The molecule has 0 unspecified atom stereocenters. The fourth-order valence-corrected chi connectivity index (χ4v) is 2.44. The van der Waals surface area contributed by atoms with Gasteiger partial charge in [0.1, 0.15) is 10.6 Å². The van der Waals surface area contributed by atoms with E-state index in [2.05, 4.69) is 14.9 Å². The van der Waals surface area contributed by atoms with E-state index in [4.69, 9.17) is 5.11 Å². The molecule has 0 aliphatic rings. The molecule has 0 saturated heterocycles. The number of carboxylic acids is 1. The monoisotopic (exact) mass is 307 g/mol. The molecule has 0 radical (unpaired) electrons. The smallest absolute Gasteiger partial charge is 0.337 e. The summed E-state index contributed by atoms with van der Waals surface area (Å²) in [6, 6.07) is 3.71. The van der Waals surface area contributed by atoms with E-state index in [1.54, 1.807) is 0 Å². The van der Waals surface area contributed by atoms with Gasteiger partial charge in [-0.25, -0.2) is 4.79 Å². The molecule has 0 aliphatic heterocycles. The van der Waals surface area contributed by atoms with Gasteiger partial charge in [-0.05, 0) is 35.6 Å². The third kappa shape index (κ3) is 3.16. The van der Waals surface area contributed by atoms with E-state index >= 15 is 0 Å². The molecule has 1 aromatic carbocycles. The molecule has 2 aromatic rings. The second-order valence-electron chi connectivity index (χ2n) is 4.63. The molecule has 0 aliphatic carbocycles. The van der Waals surface area contributed by atoms with Crippen molar-refractivity contribution in [2.24, 2.45) is 0 Å². The zero-order chi connectivity index (χ0) is 15.6. The Morgan fingerprint density at radius 2 is 2.05 bits per heavy atom. The third-order valence-corrected chi connectivity index (χ3v) is 3.49. The van der Waals surface area contributed by atoms with Crippen molar-refractivity contribution < 1.29 is 19.8 Å². The number of aromatic hydroxyl groups is 1. The van der Waals surface area contributed by atoms with Gasteiger partial charge < -0.3 is 15.5 Å². The van der Waals surface area contributed by atoms with Crippen molar-refractivity contribution in [2.75, 3.05) is 5.32 Å². The number of nitrogens with one attached hydrogen (secondary N) is 1. The highest BCUT2D eigenvalue weighted by Gasteiger charge is 2.21. The Balaban J connectivity index is 2.32. The second kappa shape index (κ2) is 5.88. The van der Waals surface area contributed by atoms with Gasteiger partial charge >= 0.3 is 5.97 Å². The summed E-state index contributed by atoms with van der Waals surface area (Å²) >= 11 is 0.953. The van der Waals surface area contributed by atoms with Crippen LogP contribution in [0.5, 0.6) is 5.75 Å². The first-order valence-electron chi connectivity index (χ1n) is 6.10. The molecule has 1 aromatic heterocycles. The Morgan fingerprint density at radius 1 is 1.33 bits per heavy atom. The molecule has 2 rings (SSSR count). The normalized spacial score (nSPS) is 10.6. The van der Waals surface area contributed by atoms with E-state index in [0.29, 0.717) is 10.6 Å². The lowest BCUT2D eigenvalue weighted by Gasteiger charge is -2.09. The topological polar surface area (TPSA) is 112 Å². The number of aromatic nitrogens is 2. The van der Waals surface area contributed by atoms with Crippen LogP contribution < -0.4 is 5.32 Å². The molecule has 0 spiro atoms. The predicted molar refractivity (Wildman–Crippen MR) is 77.0 cm³/mol. The van der Waals surface area contributed by atoms with Crippen molar-refractivity contribution in [1.29, 1.82) is 0 Å². The molecule has 0 saturated carbocycles. The number of nitrogens with zero attached hydrogens (tertiary/aromatic N) is 2. The van der Waals surface area contributed by atoms with Gasteiger partial charge in [0, 0.05) is 0 Å². The van der Waals surface area contributed by atoms with Crippen LogP contribution in [0, 0.1) is 0 Å². The fraction of sp³-hybridized carbons (Fsp3) is 0.231. The van der Waals surface area contributed by atoms with E-state index in [1.165, 1.54) is 12.1 Å². The number of phenolic OH excluding ortho intramolecular Hbond substituents is 1. The summed E-state index contributed by atoms with van der Waals surface area (Å²) in [6.45, 7) is 3.77. The lowest BCUT2D eigenvalue weighted by Crippen LogP contribution is -2.15. The highest BCUT2D eigenvalue weighted by atomic mass is 32.1. The number of carboxylic acid groups (broad SMARTS) is 1. The molecule has 21 heavy (non-hydrogen) atoms. The summed E-state index contributed by atoms with van der Waals surface area (Å²) in [5, 5.41) is 24.8. The average Bonchev–Trinajstić information content (AvgIpc) is 2.90. The Bertz CT molecular complexity index is 696. The minimum Gasteiger partial charge on any atom is -0.508 e. The maximum absolute atomic E-state index is 12.2. The minimum atomic E-state index is -1.24. The maximum atomic E-state index is 12.2. The van der Waals surface area contributed by atoms with Gasteiger partial charge in [-0.2, -0.15) is 0 Å². The highest BCUT2D eigenvalue weighted by molar-refractivity contribution is 7.08. The lowest BCUT2D eigenvalue weighted by atomic mass is 10.1. The number of carbonyl (C=O) groups is 2. The quantitative estimate of drug-likeness (QED) is 0.747. The van der Waals surface area contributed by atoms with Gasteiger partial charge in [0.05, 0.1) is 16.9 Å². The molecule has 8 heteroatoms. The summed E-state index contributed by atoms with van der Waals surface area (Å²) in [5.41, 5.74) is 0.480. The van der Waals surface area contributed by atoms with Gasteiger partial charge in [0.25, 0.3) is 5.91 Å². The highest BCUT2D eigenvalue weighted by Crippen LogP contribution is 2.24. The zero-order valence-electron chi connectivity index (χ0n) is 11.3. The van der Waals surface area contributed by atoms with Crippen molar-refractivity contribution in [3.05, 3.63) is 34.3 Å². The molecule has 110 valence electrons. The first-order valence-corrected chi connectivity index (χ1v) is 6.87. The molecule has 0 fully saturated rings. The van der Waals surface area contributed by atoms with Gasteiger partial charge in [-0.1, -0.05) is 18.3 Å². The number of carbonyl (C=O) groups excluding carboxylic acids is 1. The molecule has 0 atom stereocenters. The van der Waals surface area contributed by atoms with Crippen LogP contribution in [-0.4, -0.2) is 31.7 Å². The van der Waals surface area contributed by atoms with E-state index in [-0.39, 0.29) is 22.9 Å². The predicted octanol–water partition coefficient (Wildman–Crippen LogP) is 2.32. The Hall–Kier alpha value is -2.48. The molecule has 1 heterocycles. The molecule has 7 nitrogen and oxygen atoms in total. The van der Waals surface area contributed by atoms with E-state index in [1.807, 2.05) is 13.8 Å². The van der Waals surface area contributed by atoms with Crippen molar-refractivity contribution in [1.82, 2.24) is 9.59 Å². The summed E-state index contributed by atoms with van der Waals surface area (Å²) in [5.74, 6) is -1.87. The van der Waals surface area contributed by atoms with Gasteiger partial charge in [-0.3, -0.25) is 4.79 Å². The number of amides is 1. The van der Waals surface area contributed by atoms with E-state index < -0.39 is 11.9 Å². The number of anilines is 1. The van der Waals surface area contributed by atoms with Crippen LogP contribution in [0.1, 0.15) is 45.5 Å². The van der Waals surface area contributed by atoms with Crippen LogP contribution in [0.3, 0.4) is 0 Å². The molecule has 0 bridgehead atoms. The van der Waals surface area contributed by atoms with Gasteiger partial charge in [-0.15, -0.1) is 5.10 Å². The van der Waals surface area contributed by atoms with Crippen molar-refractivity contribution in [3.8, 4) is 5.75 Å². The third-order valence-electron chi connectivity index (χ3n) is 2.75. The van der Waals surface area contributed by atoms with Crippen LogP contribution >= 0.6 is 11.5 Å². The van der Waals surface area contributed by atoms with Crippen LogP contribution in [0.15, 0.2) is 18.2 Å². The van der Waals surface area contributed by atoms with E-state index in [9.17, 15) is 14.7 Å². The summed E-state index contributed by atoms with van der Waals surface area (Å²) < 4.78 is 3.75. The Labute approximate surface area is 124 Å². The molecular weight excluding hydrogens is 294 g/mol. The molecule has 3 N–H and O–H groups in total. The van der Waals surface area contributed by atoms with Crippen molar-refractivity contribution in [2.45, 2.75) is 19.8 Å². The van der Waals surface area contributed by atoms with E-state index in [0.717, 1.165) is 17.6 Å². The Kier molecular flexibility index (Phi) is 4.18. The summed E-state index contributed by atoms with van der Waals surface area (Å²) in [4.78, 5) is 23.7. The minimum absolute atomic E-state index is 0.0308. The van der Waals surface area contributed by atoms with Crippen LogP contribution in [0.4, 0.5) is 5.69 Å². The summed E-state index contributed by atoms with van der Waals surface area (Å²) in [7, 11) is 0. The average molecular weight is 307 g/mol. The van der Waals surface area contributed by atoms with Crippen LogP contribution in [0.2, 0.25) is 0 Å². The van der Waals surface area contributed by atoms with Crippen molar-refractivity contribution >= 4 is 29.1 Å². The maximum Gasteiger partial charge on any atom is 0.337 e. The van der Waals surface area contributed by atoms with Crippen molar-refractivity contribution in [3.63, 3.8) is 0 Å². The number of phenols is 1. The number of aromatic carboxylic acids is 1. The number of rotatable bonds is 4. The van der Waals surface area contributed by atoms with Crippen LogP contribution in [0.25, 0.3) is 0 Å². The largest absolute Gasteiger partial charge is 0.508 e. The Morgan fingerprint density at radius 3 is 2.67 bits per heavy atom. The second-order valence-corrected chi connectivity index (χ2v) is 5.39. The van der Waals surface area contributed by atoms with Gasteiger partial charge in [0.2, 0.25) is 0 Å². The lowest BCUT2D eigenvalue weighted by molar-refractivity contribution is 0.0697. The number of hydrogen-bond acceptors (Lipinski definition) is 6. The number of hydrogen-bond donors (Lipinski definition) is 3. The fourth-order valence-electron chi connectivity index (χ4n) is 1.73. The number of benzene rings is 1. The first kappa shape index (κ1) is 14.9. The molecular formula is C13H13N3O4S. The first-order chi connectivity index (χ1) is 9.90. The standard InChI is InChI=1S/C13H13N3O4S/c1-6(2)10-11(21-16-15-10)12(18)14-9-4-3-7(17)5-8(9)13(19)20/h3-6,17H,1-2H3,(H,14,18)(H,19,20). The zero-order valence-corrected chi connectivity index (χ0v) is 12.1. The molecule has 1 amide bonds. The summed E-state index contributed by atoms with van der Waals surface area (Å²) in [6.07, 6.45) is 0. The SMILES string of the molecule is CC(C)c1nnsc1C(=O)Nc1ccc(O)cc1C(=O)O.